The molecule has 1 unspecified atom stereocenters. The van der Waals surface area contributed by atoms with Crippen LogP contribution in [0.15, 0.2) is 23.1 Å². The molecule has 1 aromatic rings. The smallest absolute Gasteiger partial charge is 0.248 e. The third kappa shape index (κ3) is 3.00. The fraction of sp³-hybridized carbons (Fsp3) is 0.385. The second-order valence-corrected chi connectivity index (χ2v) is 6.83. The number of sulfonamides is 1. The van der Waals surface area contributed by atoms with E-state index in [1.807, 2.05) is 4.72 Å². The zero-order valence-electron chi connectivity index (χ0n) is 11.8. The molecule has 22 heavy (non-hydrogen) atoms. The van der Waals surface area contributed by atoms with Gasteiger partial charge < -0.3 is 0 Å². The van der Waals surface area contributed by atoms with E-state index in [9.17, 15) is 26.8 Å². The van der Waals surface area contributed by atoms with Gasteiger partial charge in [-0.05, 0) is 26.0 Å². The highest BCUT2D eigenvalue weighted by atomic mass is 32.2. The van der Waals surface area contributed by atoms with Gasteiger partial charge in [-0.2, -0.15) is 4.72 Å². The number of likely N-dealkylation sites (tertiary alicyclic amines) is 1. The number of carbonyl (C=O) groups is 2. The number of imide groups is 1. The van der Waals surface area contributed by atoms with E-state index in [4.69, 9.17) is 0 Å². The fourth-order valence-electron chi connectivity index (χ4n) is 2.23. The SMILES string of the molecule is CC(C)N1C(=O)CC(NS(=O)(=O)c2ccc(F)cc2F)C1=O. The van der Waals surface area contributed by atoms with Crippen LogP contribution in [0.3, 0.4) is 0 Å². The van der Waals surface area contributed by atoms with Crippen molar-refractivity contribution in [3.8, 4) is 0 Å². The minimum Gasteiger partial charge on any atom is -0.279 e. The Morgan fingerprint density at radius 2 is 1.91 bits per heavy atom. The molecule has 1 aromatic carbocycles. The summed E-state index contributed by atoms with van der Waals surface area (Å²) in [7, 11) is -4.39. The lowest BCUT2D eigenvalue weighted by Crippen LogP contribution is -2.43. The van der Waals surface area contributed by atoms with Gasteiger partial charge in [0.05, 0.1) is 6.42 Å². The van der Waals surface area contributed by atoms with Gasteiger partial charge in [0.2, 0.25) is 21.8 Å². The van der Waals surface area contributed by atoms with Gasteiger partial charge in [-0.3, -0.25) is 14.5 Å². The second-order valence-electron chi connectivity index (χ2n) is 5.15. The van der Waals surface area contributed by atoms with Gasteiger partial charge in [0, 0.05) is 12.1 Å². The summed E-state index contributed by atoms with van der Waals surface area (Å²) in [6.07, 6.45) is -0.334. The van der Waals surface area contributed by atoms with Crippen molar-refractivity contribution in [2.75, 3.05) is 0 Å². The zero-order chi connectivity index (χ0) is 16.7. The Labute approximate surface area is 126 Å². The minimum absolute atomic E-state index is 0.334. The Kier molecular flexibility index (Phi) is 4.30. The largest absolute Gasteiger partial charge is 0.279 e. The number of carbonyl (C=O) groups excluding carboxylic acids is 2. The van der Waals surface area contributed by atoms with Crippen molar-refractivity contribution in [3.63, 3.8) is 0 Å². The van der Waals surface area contributed by atoms with E-state index >= 15 is 0 Å². The molecule has 1 N–H and O–H groups in total. The van der Waals surface area contributed by atoms with Crippen molar-refractivity contribution in [1.82, 2.24) is 9.62 Å². The van der Waals surface area contributed by atoms with Gasteiger partial charge in [-0.15, -0.1) is 0 Å². The molecule has 1 heterocycles. The van der Waals surface area contributed by atoms with Crippen molar-refractivity contribution < 1.29 is 26.8 Å². The molecule has 0 bridgehead atoms. The zero-order valence-corrected chi connectivity index (χ0v) is 12.7. The van der Waals surface area contributed by atoms with Crippen LogP contribution in [0.2, 0.25) is 0 Å². The third-order valence-corrected chi connectivity index (χ3v) is 4.69. The van der Waals surface area contributed by atoms with Crippen LogP contribution >= 0.6 is 0 Å². The lowest BCUT2D eigenvalue weighted by Gasteiger charge is -2.19. The summed E-state index contributed by atoms with van der Waals surface area (Å²) >= 11 is 0. The molecule has 0 aliphatic carbocycles. The van der Waals surface area contributed by atoms with Gasteiger partial charge >= 0.3 is 0 Å². The Morgan fingerprint density at radius 3 is 2.41 bits per heavy atom. The van der Waals surface area contributed by atoms with Crippen molar-refractivity contribution in [3.05, 3.63) is 29.8 Å². The highest BCUT2D eigenvalue weighted by molar-refractivity contribution is 7.89. The van der Waals surface area contributed by atoms with E-state index in [2.05, 4.69) is 0 Å². The van der Waals surface area contributed by atoms with Crippen LogP contribution in [0.1, 0.15) is 20.3 Å². The van der Waals surface area contributed by atoms with Crippen LogP contribution in [0.25, 0.3) is 0 Å². The van der Waals surface area contributed by atoms with E-state index in [0.717, 1.165) is 17.0 Å². The molecule has 2 amide bonds. The Balaban J connectivity index is 2.27. The van der Waals surface area contributed by atoms with Crippen LogP contribution in [0.5, 0.6) is 0 Å². The molecule has 9 heteroatoms. The van der Waals surface area contributed by atoms with E-state index < -0.39 is 50.5 Å². The van der Waals surface area contributed by atoms with Crippen LogP contribution in [0, 0.1) is 11.6 Å². The number of halogens is 2. The Hall–Kier alpha value is -1.87. The highest BCUT2D eigenvalue weighted by Crippen LogP contribution is 2.20. The predicted molar refractivity (Wildman–Crippen MR) is 72.1 cm³/mol. The van der Waals surface area contributed by atoms with Crippen LogP contribution in [-0.2, 0) is 19.6 Å². The maximum absolute atomic E-state index is 13.6. The number of nitrogens with one attached hydrogen (secondary N) is 1. The standard InChI is InChI=1S/C13H14F2N2O4S/c1-7(2)17-12(18)6-10(13(17)19)16-22(20,21)11-4-3-8(14)5-9(11)15/h3-5,7,10,16H,6H2,1-2H3. The molecule has 1 aliphatic heterocycles. The van der Waals surface area contributed by atoms with Crippen molar-refractivity contribution >= 4 is 21.8 Å². The molecular formula is C13H14F2N2O4S. The number of hydrogen-bond acceptors (Lipinski definition) is 4. The number of nitrogens with zero attached hydrogens (tertiary/aromatic N) is 1. The Bertz CT molecular complexity index is 734. The molecule has 1 atom stereocenters. The molecule has 1 aliphatic rings. The quantitative estimate of drug-likeness (QED) is 0.826. The van der Waals surface area contributed by atoms with Gasteiger partial charge in [0.1, 0.15) is 22.6 Å². The molecule has 1 saturated heterocycles. The first-order valence-electron chi connectivity index (χ1n) is 6.47. The molecule has 1 fully saturated rings. The summed E-state index contributed by atoms with van der Waals surface area (Å²) in [4.78, 5) is 23.9. The van der Waals surface area contributed by atoms with Crippen LogP contribution < -0.4 is 4.72 Å². The first-order chi connectivity index (χ1) is 10.1. The molecule has 0 saturated carbocycles. The minimum atomic E-state index is -4.39. The summed E-state index contributed by atoms with van der Waals surface area (Å²) in [5.74, 6) is -3.39. The monoisotopic (exact) mass is 332 g/mol. The third-order valence-electron chi connectivity index (χ3n) is 3.18. The Morgan fingerprint density at radius 1 is 1.27 bits per heavy atom. The van der Waals surface area contributed by atoms with Gasteiger partial charge in [-0.25, -0.2) is 17.2 Å². The first-order valence-corrected chi connectivity index (χ1v) is 7.95. The summed E-state index contributed by atoms with van der Waals surface area (Å²) in [6.45, 7) is 3.23. The predicted octanol–water partition coefficient (Wildman–Crippen LogP) is 0.779. The first kappa shape index (κ1) is 16.5. The highest BCUT2D eigenvalue weighted by Gasteiger charge is 2.42. The molecule has 0 radical (unpaired) electrons. The summed E-state index contributed by atoms with van der Waals surface area (Å²) in [6, 6.07) is 0.284. The van der Waals surface area contributed by atoms with E-state index in [0.29, 0.717) is 6.07 Å². The van der Waals surface area contributed by atoms with Crippen molar-refractivity contribution in [2.45, 2.75) is 37.2 Å². The van der Waals surface area contributed by atoms with E-state index in [-0.39, 0.29) is 6.42 Å². The molecule has 0 spiro atoms. The van der Waals surface area contributed by atoms with Crippen LogP contribution in [0.4, 0.5) is 8.78 Å². The van der Waals surface area contributed by atoms with Crippen molar-refractivity contribution in [2.24, 2.45) is 0 Å². The average molecular weight is 332 g/mol. The van der Waals surface area contributed by atoms with Crippen molar-refractivity contribution in [1.29, 1.82) is 0 Å². The molecule has 2 rings (SSSR count). The van der Waals surface area contributed by atoms with E-state index in [1.165, 1.54) is 0 Å². The molecule has 6 nitrogen and oxygen atoms in total. The maximum atomic E-state index is 13.6. The number of benzene rings is 1. The average Bonchev–Trinajstić information content (AvgIpc) is 2.62. The second kappa shape index (κ2) is 5.73. The summed E-state index contributed by atoms with van der Waals surface area (Å²) < 4.78 is 52.6. The number of hydrogen-bond donors (Lipinski definition) is 1. The van der Waals surface area contributed by atoms with Gasteiger partial charge in [-0.1, -0.05) is 0 Å². The number of amides is 2. The molecular weight excluding hydrogens is 318 g/mol. The lowest BCUT2D eigenvalue weighted by atomic mass is 10.3. The van der Waals surface area contributed by atoms with Gasteiger partial charge in [0.15, 0.2) is 0 Å². The summed E-state index contributed by atoms with van der Waals surface area (Å²) in [5.41, 5.74) is 0. The number of rotatable bonds is 4. The molecule has 120 valence electrons. The topological polar surface area (TPSA) is 83.6 Å². The van der Waals surface area contributed by atoms with E-state index in [1.54, 1.807) is 13.8 Å². The van der Waals surface area contributed by atoms with Crippen LogP contribution in [-0.4, -0.2) is 37.2 Å². The summed E-state index contributed by atoms with van der Waals surface area (Å²) in [5, 5.41) is 0. The molecule has 0 aromatic heterocycles. The maximum Gasteiger partial charge on any atom is 0.248 e. The normalized spacial score (nSPS) is 19.3. The lowest BCUT2D eigenvalue weighted by molar-refractivity contribution is -0.140. The fourth-order valence-corrected chi connectivity index (χ4v) is 3.48. The van der Waals surface area contributed by atoms with Gasteiger partial charge in [0.25, 0.3) is 0 Å².